The molecule has 0 aliphatic carbocycles. The molecule has 2 aromatic rings. The summed E-state index contributed by atoms with van der Waals surface area (Å²) in [7, 11) is 0. The fourth-order valence-electron chi connectivity index (χ4n) is 4.26. The number of aliphatic hydroxyl groups is 1. The number of nitrogens with one attached hydrogen (secondary N) is 1. The van der Waals surface area contributed by atoms with Gasteiger partial charge in [-0.05, 0) is 67.4 Å². The zero-order chi connectivity index (χ0) is 21.6. The maximum absolute atomic E-state index is 11.5. The number of aryl methyl sites for hydroxylation is 1. The second-order valence-electron chi connectivity index (χ2n) is 8.34. The van der Waals surface area contributed by atoms with E-state index in [-0.39, 0.29) is 18.4 Å². The normalized spacial score (nSPS) is 18.1. The Hall–Kier alpha value is -2.28. The van der Waals surface area contributed by atoms with Gasteiger partial charge < -0.3 is 25.0 Å². The van der Waals surface area contributed by atoms with Crippen molar-refractivity contribution < 1.29 is 14.6 Å². The summed E-state index contributed by atoms with van der Waals surface area (Å²) in [5.74, 6) is 0.907. The molecule has 1 fully saturated rings. The number of fused-ring (bicyclic) bond motifs is 1. The zero-order valence-corrected chi connectivity index (χ0v) is 18.5. The predicted molar refractivity (Wildman–Crippen MR) is 124 cm³/mol. The van der Waals surface area contributed by atoms with Crippen LogP contribution in [0, 0.1) is 5.92 Å². The molecule has 7 heteroatoms. The number of ether oxygens (including phenoxy) is 1. The molecule has 1 atom stereocenters. The third kappa shape index (κ3) is 5.91. The van der Waals surface area contributed by atoms with Crippen molar-refractivity contribution in [1.82, 2.24) is 4.90 Å². The lowest BCUT2D eigenvalue weighted by molar-refractivity contribution is -0.116. The molecule has 6 nitrogen and oxygen atoms in total. The number of carbonyl (C=O) groups is 1. The molecule has 1 amide bonds. The number of amides is 1. The standard InChI is InChI=1S/C24H30ClN3O3/c25-20-3-5-21(6-4-20)28-11-1-10-27(12-13-28)15-18(16-29)17-31-22-7-8-23-19(14-22)2-9-24(30)26-23/h3-8,14,18,29H,1-2,9-13,15-17H2,(H,26,30). The van der Waals surface area contributed by atoms with Crippen LogP contribution in [0.2, 0.25) is 5.02 Å². The van der Waals surface area contributed by atoms with Crippen molar-refractivity contribution in [2.75, 3.05) is 56.2 Å². The Balaban J connectivity index is 1.28. The van der Waals surface area contributed by atoms with Crippen molar-refractivity contribution in [3.05, 3.63) is 53.1 Å². The molecule has 2 aliphatic rings. The Labute approximate surface area is 188 Å². The topological polar surface area (TPSA) is 65.0 Å². The van der Waals surface area contributed by atoms with E-state index in [1.165, 1.54) is 5.69 Å². The van der Waals surface area contributed by atoms with E-state index in [1.54, 1.807) is 0 Å². The second-order valence-corrected chi connectivity index (χ2v) is 8.78. The minimum absolute atomic E-state index is 0.0535. The lowest BCUT2D eigenvalue weighted by Gasteiger charge is -2.26. The second kappa shape index (κ2) is 10.4. The van der Waals surface area contributed by atoms with E-state index in [9.17, 15) is 9.90 Å². The lowest BCUT2D eigenvalue weighted by atomic mass is 10.0. The van der Waals surface area contributed by atoms with Gasteiger partial charge in [0, 0.05) is 54.9 Å². The van der Waals surface area contributed by atoms with Crippen LogP contribution in [-0.4, -0.2) is 61.9 Å². The van der Waals surface area contributed by atoms with Gasteiger partial charge in [-0.3, -0.25) is 4.79 Å². The molecule has 166 valence electrons. The molecule has 0 aromatic heterocycles. The molecule has 0 spiro atoms. The summed E-state index contributed by atoms with van der Waals surface area (Å²) in [4.78, 5) is 16.3. The van der Waals surface area contributed by atoms with E-state index in [4.69, 9.17) is 16.3 Å². The van der Waals surface area contributed by atoms with Gasteiger partial charge in [0.2, 0.25) is 5.91 Å². The van der Waals surface area contributed by atoms with Crippen LogP contribution in [0.5, 0.6) is 5.75 Å². The number of hydrogen-bond donors (Lipinski definition) is 2. The van der Waals surface area contributed by atoms with Gasteiger partial charge in [0.15, 0.2) is 0 Å². The van der Waals surface area contributed by atoms with Crippen LogP contribution in [0.15, 0.2) is 42.5 Å². The molecule has 31 heavy (non-hydrogen) atoms. The van der Waals surface area contributed by atoms with Gasteiger partial charge >= 0.3 is 0 Å². The van der Waals surface area contributed by atoms with Gasteiger partial charge in [0.1, 0.15) is 5.75 Å². The molecule has 1 unspecified atom stereocenters. The highest BCUT2D eigenvalue weighted by atomic mass is 35.5. The van der Waals surface area contributed by atoms with E-state index >= 15 is 0 Å². The Kier molecular flexibility index (Phi) is 7.33. The Morgan fingerprint density at radius 2 is 1.90 bits per heavy atom. The summed E-state index contributed by atoms with van der Waals surface area (Å²) >= 11 is 6.02. The third-order valence-corrected chi connectivity index (χ3v) is 6.26. The van der Waals surface area contributed by atoms with Gasteiger partial charge in [-0.25, -0.2) is 0 Å². The quantitative estimate of drug-likeness (QED) is 0.686. The van der Waals surface area contributed by atoms with E-state index in [0.29, 0.717) is 13.0 Å². The van der Waals surface area contributed by atoms with E-state index in [2.05, 4.69) is 27.2 Å². The smallest absolute Gasteiger partial charge is 0.224 e. The maximum Gasteiger partial charge on any atom is 0.224 e. The first-order chi connectivity index (χ1) is 15.1. The minimum atomic E-state index is 0.0535. The highest BCUT2D eigenvalue weighted by Crippen LogP contribution is 2.27. The molecule has 0 radical (unpaired) electrons. The van der Waals surface area contributed by atoms with Crippen LogP contribution in [0.1, 0.15) is 18.4 Å². The molecule has 2 N–H and O–H groups in total. The molecule has 0 saturated carbocycles. The summed E-state index contributed by atoms with van der Waals surface area (Å²) in [5.41, 5.74) is 3.18. The average Bonchev–Trinajstić information content (AvgIpc) is 3.02. The molecule has 2 aliphatic heterocycles. The van der Waals surface area contributed by atoms with E-state index in [1.807, 2.05) is 30.3 Å². The number of aliphatic hydroxyl groups excluding tert-OH is 1. The van der Waals surface area contributed by atoms with E-state index < -0.39 is 0 Å². The van der Waals surface area contributed by atoms with Crippen molar-refractivity contribution in [3.63, 3.8) is 0 Å². The molecule has 1 saturated heterocycles. The first kappa shape index (κ1) is 21.9. The van der Waals surface area contributed by atoms with Crippen molar-refractivity contribution in [1.29, 1.82) is 0 Å². The first-order valence-electron chi connectivity index (χ1n) is 11.0. The molecule has 0 bridgehead atoms. The number of anilines is 2. The number of halogens is 1. The lowest BCUT2D eigenvalue weighted by Crippen LogP contribution is -2.36. The van der Waals surface area contributed by atoms with Crippen LogP contribution in [0.4, 0.5) is 11.4 Å². The highest BCUT2D eigenvalue weighted by Gasteiger charge is 2.20. The molecule has 4 rings (SSSR count). The fraction of sp³-hybridized carbons (Fsp3) is 0.458. The number of nitrogens with zero attached hydrogens (tertiary/aromatic N) is 2. The number of rotatable bonds is 7. The van der Waals surface area contributed by atoms with Gasteiger partial charge in [0.05, 0.1) is 13.2 Å². The van der Waals surface area contributed by atoms with Crippen LogP contribution in [0.25, 0.3) is 0 Å². The van der Waals surface area contributed by atoms with Crippen LogP contribution >= 0.6 is 11.6 Å². The van der Waals surface area contributed by atoms with Crippen LogP contribution < -0.4 is 15.0 Å². The fourth-order valence-corrected chi connectivity index (χ4v) is 4.38. The number of hydrogen-bond acceptors (Lipinski definition) is 5. The molecular formula is C24H30ClN3O3. The summed E-state index contributed by atoms with van der Waals surface area (Å²) in [5, 5.41) is 13.6. The maximum atomic E-state index is 11.5. The Bertz CT molecular complexity index is 890. The Morgan fingerprint density at radius 1 is 1.06 bits per heavy atom. The van der Waals surface area contributed by atoms with Gasteiger partial charge in [0.25, 0.3) is 0 Å². The number of carbonyl (C=O) groups excluding carboxylic acids is 1. The predicted octanol–water partition coefficient (Wildman–Crippen LogP) is 3.42. The van der Waals surface area contributed by atoms with Crippen molar-refractivity contribution in [2.45, 2.75) is 19.3 Å². The van der Waals surface area contributed by atoms with Crippen LogP contribution in [-0.2, 0) is 11.2 Å². The van der Waals surface area contributed by atoms with E-state index in [0.717, 1.165) is 67.6 Å². The monoisotopic (exact) mass is 443 g/mol. The van der Waals surface area contributed by atoms with Crippen molar-refractivity contribution in [3.8, 4) is 5.75 Å². The summed E-state index contributed by atoms with van der Waals surface area (Å²) in [6, 6.07) is 13.8. The molecule has 2 aromatic carbocycles. The highest BCUT2D eigenvalue weighted by molar-refractivity contribution is 6.30. The third-order valence-electron chi connectivity index (χ3n) is 6.01. The average molecular weight is 444 g/mol. The first-order valence-corrected chi connectivity index (χ1v) is 11.4. The van der Waals surface area contributed by atoms with Gasteiger partial charge in [-0.2, -0.15) is 0 Å². The zero-order valence-electron chi connectivity index (χ0n) is 17.7. The SMILES string of the molecule is O=C1CCc2cc(OCC(CO)CN3CCCN(c4ccc(Cl)cc4)CC3)ccc2N1. The Morgan fingerprint density at radius 3 is 2.71 bits per heavy atom. The van der Waals surface area contributed by atoms with Crippen molar-refractivity contribution in [2.24, 2.45) is 5.92 Å². The minimum Gasteiger partial charge on any atom is -0.493 e. The summed E-state index contributed by atoms with van der Waals surface area (Å²) in [6.07, 6.45) is 2.33. The summed E-state index contributed by atoms with van der Waals surface area (Å²) < 4.78 is 6.00. The van der Waals surface area contributed by atoms with Crippen molar-refractivity contribution >= 4 is 28.9 Å². The van der Waals surface area contributed by atoms with Gasteiger partial charge in [-0.15, -0.1) is 0 Å². The largest absolute Gasteiger partial charge is 0.493 e. The summed E-state index contributed by atoms with van der Waals surface area (Å²) in [6.45, 7) is 5.32. The van der Waals surface area contributed by atoms with Gasteiger partial charge in [-0.1, -0.05) is 11.6 Å². The molecule has 2 heterocycles. The number of benzene rings is 2. The van der Waals surface area contributed by atoms with Crippen LogP contribution in [0.3, 0.4) is 0 Å². The molecular weight excluding hydrogens is 414 g/mol.